The van der Waals surface area contributed by atoms with E-state index >= 15 is 0 Å². The van der Waals surface area contributed by atoms with Crippen LogP contribution >= 0.6 is 24.0 Å². The number of hydrogen-bond acceptors (Lipinski definition) is 6. The lowest BCUT2D eigenvalue weighted by molar-refractivity contribution is -0.126. The number of rotatable bonds is 5. The molecule has 1 aliphatic rings. The van der Waals surface area contributed by atoms with Gasteiger partial charge in [0.05, 0.1) is 4.91 Å². The normalized spacial score (nSPS) is 15.1. The van der Waals surface area contributed by atoms with Gasteiger partial charge in [-0.2, -0.15) is 0 Å². The summed E-state index contributed by atoms with van der Waals surface area (Å²) < 4.78 is 13.5. The van der Waals surface area contributed by atoms with E-state index in [4.69, 9.17) is 17.3 Å². The fraction of sp³-hybridized carbons (Fsp3) is 0.0526. The van der Waals surface area contributed by atoms with Crippen LogP contribution in [-0.4, -0.2) is 43.8 Å². The molecule has 1 fully saturated rings. The number of phenols is 1. The monoisotopic (exact) mass is 432 g/mol. The molecule has 1 aliphatic heterocycles. The van der Waals surface area contributed by atoms with Crippen LogP contribution in [0.25, 0.3) is 6.08 Å². The number of carbonyl (C=O) groups excluding carboxylic acids is 2. The van der Waals surface area contributed by atoms with Crippen molar-refractivity contribution >= 4 is 57.8 Å². The Morgan fingerprint density at radius 1 is 1.24 bits per heavy atom. The van der Waals surface area contributed by atoms with Gasteiger partial charge in [-0.3, -0.25) is 14.5 Å². The zero-order valence-corrected chi connectivity index (χ0v) is 16.2. The quantitative estimate of drug-likeness (QED) is 0.492. The van der Waals surface area contributed by atoms with Crippen LogP contribution in [0.1, 0.15) is 15.9 Å². The summed E-state index contributed by atoms with van der Waals surface area (Å²) in [6.45, 7) is -0.368. The average Bonchev–Trinajstić information content (AvgIpc) is 2.89. The fourth-order valence-electron chi connectivity index (χ4n) is 2.52. The van der Waals surface area contributed by atoms with E-state index in [9.17, 15) is 23.9 Å². The minimum atomic E-state index is -1.30. The van der Waals surface area contributed by atoms with Crippen molar-refractivity contribution in [3.8, 4) is 5.75 Å². The summed E-state index contributed by atoms with van der Waals surface area (Å²) in [5.74, 6) is -3.31. The van der Waals surface area contributed by atoms with Gasteiger partial charge in [0, 0.05) is 11.8 Å². The molecule has 0 atom stereocenters. The van der Waals surface area contributed by atoms with Gasteiger partial charge < -0.3 is 15.5 Å². The molecule has 0 aromatic heterocycles. The van der Waals surface area contributed by atoms with Crippen molar-refractivity contribution in [2.45, 2.75) is 0 Å². The largest absolute Gasteiger partial charge is 0.507 e. The molecule has 0 saturated carbocycles. The zero-order valence-electron chi connectivity index (χ0n) is 14.6. The first-order chi connectivity index (χ1) is 13.7. The summed E-state index contributed by atoms with van der Waals surface area (Å²) in [5, 5.41) is 21.0. The Bertz CT molecular complexity index is 1070. The molecular weight excluding hydrogens is 419 g/mol. The first kappa shape index (κ1) is 20.5. The molecule has 3 N–H and O–H groups in total. The van der Waals surface area contributed by atoms with Gasteiger partial charge in [-0.05, 0) is 35.9 Å². The summed E-state index contributed by atoms with van der Waals surface area (Å²) in [6, 6.07) is 9.26. The molecular formula is C19H13FN2O5S2. The molecule has 1 heterocycles. The van der Waals surface area contributed by atoms with Crippen molar-refractivity contribution in [1.29, 1.82) is 0 Å². The molecule has 1 saturated heterocycles. The number of nitrogens with one attached hydrogen (secondary N) is 1. The molecule has 7 nitrogen and oxygen atoms in total. The molecule has 3 rings (SSSR count). The number of aromatic carboxylic acids is 1. The van der Waals surface area contributed by atoms with Crippen LogP contribution in [0.15, 0.2) is 47.4 Å². The van der Waals surface area contributed by atoms with Crippen LogP contribution in [0.3, 0.4) is 0 Å². The summed E-state index contributed by atoms with van der Waals surface area (Å²) >= 11 is 6.15. The number of thioether (sulfide) groups is 1. The van der Waals surface area contributed by atoms with Crippen LogP contribution < -0.4 is 5.32 Å². The van der Waals surface area contributed by atoms with Crippen LogP contribution in [0.4, 0.5) is 10.1 Å². The topological polar surface area (TPSA) is 107 Å². The highest BCUT2D eigenvalue weighted by Gasteiger charge is 2.33. The average molecular weight is 432 g/mol. The van der Waals surface area contributed by atoms with E-state index in [0.29, 0.717) is 5.56 Å². The summed E-state index contributed by atoms with van der Waals surface area (Å²) in [6.07, 6.45) is 1.49. The lowest BCUT2D eigenvalue weighted by Gasteiger charge is -2.14. The number of halogens is 1. The molecule has 148 valence electrons. The van der Waals surface area contributed by atoms with Gasteiger partial charge in [-0.25, -0.2) is 9.18 Å². The van der Waals surface area contributed by atoms with Crippen LogP contribution in [0.2, 0.25) is 0 Å². The number of aromatic hydroxyl groups is 1. The van der Waals surface area contributed by atoms with Crippen molar-refractivity contribution < 1.29 is 29.0 Å². The van der Waals surface area contributed by atoms with E-state index in [0.717, 1.165) is 28.8 Å². The van der Waals surface area contributed by atoms with Crippen molar-refractivity contribution in [2.75, 3.05) is 11.9 Å². The summed E-state index contributed by atoms with van der Waals surface area (Å²) in [7, 11) is 0. The van der Waals surface area contributed by atoms with E-state index in [1.54, 1.807) is 6.07 Å². The molecule has 2 amide bonds. The number of anilines is 1. The highest BCUT2D eigenvalue weighted by Crippen LogP contribution is 2.32. The minimum Gasteiger partial charge on any atom is -0.507 e. The minimum absolute atomic E-state index is 0.165. The zero-order chi connectivity index (χ0) is 21.1. The first-order valence-corrected chi connectivity index (χ1v) is 9.34. The van der Waals surface area contributed by atoms with Crippen molar-refractivity contribution in [2.24, 2.45) is 0 Å². The summed E-state index contributed by atoms with van der Waals surface area (Å²) in [4.78, 5) is 37.1. The lowest BCUT2D eigenvalue weighted by Crippen LogP contribution is -2.36. The van der Waals surface area contributed by atoms with Gasteiger partial charge in [0.1, 0.15) is 28.0 Å². The second-order valence-electron chi connectivity index (χ2n) is 5.91. The third-order valence-corrected chi connectivity index (χ3v) is 5.21. The second-order valence-corrected chi connectivity index (χ2v) is 7.58. The van der Waals surface area contributed by atoms with Gasteiger partial charge in [0.15, 0.2) is 0 Å². The van der Waals surface area contributed by atoms with Gasteiger partial charge in [0.25, 0.3) is 5.91 Å². The Morgan fingerprint density at radius 3 is 2.66 bits per heavy atom. The van der Waals surface area contributed by atoms with E-state index in [1.165, 1.54) is 30.3 Å². The second kappa shape index (κ2) is 8.41. The van der Waals surface area contributed by atoms with E-state index in [2.05, 4.69) is 5.32 Å². The number of benzene rings is 2. The Morgan fingerprint density at radius 2 is 2.00 bits per heavy atom. The lowest BCUT2D eigenvalue weighted by atomic mass is 10.2. The molecule has 29 heavy (non-hydrogen) atoms. The molecule has 0 aliphatic carbocycles. The van der Waals surface area contributed by atoms with Crippen molar-refractivity contribution in [3.63, 3.8) is 0 Å². The number of carboxylic acids is 1. The van der Waals surface area contributed by atoms with Gasteiger partial charge >= 0.3 is 5.97 Å². The van der Waals surface area contributed by atoms with E-state index in [-0.39, 0.29) is 27.0 Å². The standard InChI is InChI=1S/C19H13FN2O5S2/c20-11-3-1-2-10(6-11)7-15-17(25)22(19(28)29-15)9-16(24)21-12-4-5-13(18(26)27)14(23)8-12/h1-8,23H,9H2,(H,21,24)(H,26,27). The van der Waals surface area contributed by atoms with Crippen molar-refractivity contribution in [1.82, 2.24) is 4.90 Å². The van der Waals surface area contributed by atoms with Gasteiger partial charge in [-0.1, -0.05) is 36.1 Å². The maximum Gasteiger partial charge on any atom is 0.339 e. The van der Waals surface area contributed by atoms with E-state index in [1.807, 2.05) is 0 Å². The highest BCUT2D eigenvalue weighted by atomic mass is 32.2. The third-order valence-electron chi connectivity index (χ3n) is 3.83. The number of nitrogens with zero attached hydrogens (tertiary/aromatic N) is 1. The van der Waals surface area contributed by atoms with E-state index < -0.39 is 29.4 Å². The molecule has 2 aromatic rings. The third kappa shape index (κ3) is 4.79. The van der Waals surface area contributed by atoms with Gasteiger partial charge in [0.2, 0.25) is 5.91 Å². The number of carboxylic acid groups (broad SMARTS) is 1. The highest BCUT2D eigenvalue weighted by molar-refractivity contribution is 8.26. The smallest absolute Gasteiger partial charge is 0.339 e. The summed E-state index contributed by atoms with van der Waals surface area (Å²) in [5.41, 5.74) is 0.351. The Kier molecular flexibility index (Phi) is 5.95. The number of amides is 2. The maximum atomic E-state index is 13.3. The maximum absolute atomic E-state index is 13.3. The number of thiocarbonyl (C=S) groups is 1. The Hall–Kier alpha value is -3.24. The molecule has 2 aromatic carbocycles. The molecule has 0 unspecified atom stereocenters. The predicted octanol–water partition coefficient (Wildman–Crippen LogP) is 3.07. The Labute approximate surface area is 173 Å². The number of carbonyl (C=O) groups is 3. The fourth-order valence-corrected chi connectivity index (χ4v) is 3.77. The Balaban J connectivity index is 1.69. The first-order valence-electron chi connectivity index (χ1n) is 8.11. The van der Waals surface area contributed by atoms with Crippen LogP contribution in [0, 0.1) is 5.82 Å². The molecule has 10 heteroatoms. The molecule has 0 spiro atoms. The predicted molar refractivity (Wildman–Crippen MR) is 110 cm³/mol. The van der Waals surface area contributed by atoms with Crippen LogP contribution in [0.5, 0.6) is 5.75 Å². The van der Waals surface area contributed by atoms with Crippen molar-refractivity contribution in [3.05, 3.63) is 64.3 Å². The van der Waals surface area contributed by atoms with Crippen LogP contribution in [-0.2, 0) is 9.59 Å². The SMILES string of the molecule is O=C(CN1C(=O)C(=Cc2cccc(F)c2)SC1=S)Nc1ccc(C(=O)O)c(O)c1. The van der Waals surface area contributed by atoms with Gasteiger partial charge in [-0.15, -0.1) is 0 Å². The molecule has 0 bridgehead atoms. The molecule has 0 radical (unpaired) electrons. The number of hydrogen-bond donors (Lipinski definition) is 3.